The first-order valence-corrected chi connectivity index (χ1v) is 9.49. The van der Waals surface area contributed by atoms with Crippen LogP contribution < -0.4 is 5.32 Å². The molecule has 0 aromatic carbocycles. The number of amides is 1. The summed E-state index contributed by atoms with van der Waals surface area (Å²) in [7, 11) is 0. The van der Waals surface area contributed by atoms with Crippen LogP contribution in [0.15, 0.2) is 12.7 Å². The highest BCUT2D eigenvalue weighted by atomic mass is 19.4. The van der Waals surface area contributed by atoms with Gasteiger partial charge in [0, 0.05) is 6.92 Å². The van der Waals surface area contributed by atoms with Crippen LogP contribution in [-0.4, -0.2) is 82.7 Å². The number of alkyl halides is 3. The number of carbonyl (C=O) groups is 4. The van der Waals surface area contributed by atoms with E-state index in [2.05, 4.69) is 6.58 Å². The number of esters is 1. The molecule has 10 nitrogen and oxygen atoms in total. The zero-order valence-corrected chi connectivity index (χ0v) is 17.7. The summed E-state index contributed by atoms with van der Waals surface area (Å²) < 4.78 is 54.2. The SMILES string of the molecule is C=CCCCO[C@@H]1O[C@H](COC(C)=O)[C@](O)(C(C)=O)[C@@](O)(C(C)=O)[C@H]1NC(=O)C(F)(F)F. The molecule has 1 rings (SSSR count). The van der Waals surface area contributed by atoms with Gasteiger partial charge in [0.05, 0.1) is 6.61 Å². The molecule has 0 aromatic heterocycles. The fraction of sp³-hybridized carbons (Fsp3) is 0.684. The highest BCUT2D eigenvalue weighted by Gasteiger charge is 2.71. The van der Waals surface area contributed by atoms with E-state index in [0.29, 0.717) is 19.8 Å². The fourth-order valence-corrected chi connectivity index (χ4v) is 3.31. The Morgan fingerprint density at radius 1 is 1.12 bits per heavy atom. The molecule has 5 atom stereocenters. The van der Waals surface area contributed by atoms with Gasteiger partial charge in [-0.3, -0.25) is 19.2 Å². The molecule has 1 fully saturated rings. The summed E-state index contributed by atoms with van der Waals surface area (Å²) in [6, 6.07) is -2.35. The molecule has 182 valence electrons. The molecule has 0 unspecified atom stereocenters. The average Bonchev–Trinajstić information content (AvgIpc) is 2.67. The van der Waals surface area contributed by atoms with Gasteiger partial charge in [0.25, 0.3) is 0 Å². The molecular formula is C19H26F3NO9. The summed E-state index contributed by atoms with van der Waals surface area (Å²) >= 11 is 0. The third kappa shape index (κ3) is 5.52. The fourth-order valence-electron chi connectivity index (χ4n) is 3.31. The minimum atomic E-state index is -5.44. The molecular weight excluding hydrogens is 443 g/mol. The van der Waals surface area contributed by atoms with Crippen molar-refractivity contribution in [2.24, 2.45) is 0 Å². The van der Waals surface area contributed by atoms with Crippen LogP contribution in [0.25, 0.3) is 0 Å². The van der Waals surface area contributed by atoms with E-state index in [9.17, 15) is 42.6 Å². The lowest BCUT2D eigenvalue weighted by Gasteiger charge is -2.54. The zero-order chi connectivity index (χ0) is 24.9. The van der Waals surface area contributed by atoms with E-state index in [1.54, 1.807) is 0 Å². The molecule has 0 aliphatic carbocycles. The normalized spacial score (nSPS) is 30.3. The Balaban J connectivity index is 3.56. The zero-order valence-electron chi connectivity index (χ0n) is 17.7. The van der Waals surface area contributed by atoms with Gasteiger partial charge in [-0.15, -0.1) is 6.58 Å². The van der Waals surface area contributed by atoms with Crippen molar-refractivity contribution in [1.82, 2.24) is 5.32 Å². The van der Waals surface area contributed by atoms with Crippen molar-refractivity contribution < 1.29 is 56.8 Å². The van der Waals surface area contributed by atoms with E-state index in [1.165, 1.54) is 11.4 Å². The molecule has 1 heterocycles. The Morgan fingerprint density at radius 2 is 1.69 bits per heavy atom. The van der Waals surface area contributed by atoms with Crippen LogP contribution in [0, 0.1) is 0 Å². The Hall–Kier alpha value is -2.35. The molecule has 0 bridgehead atoms. The molecule has 1 aliphatic rings. The van der Waals surface area contributed by atoms with E-state index in [0.717, 1.165) is 13.8 Å². The quantitative estimate of drug-likeness (QED) is 0.227. The van der Waals surface area contributed by atoms with Crippen molar-refractivity contribution in [2.45, 2.75) is 69.4 Å². The second-order valence-corrected chi connectivity index (χ2v) is 7.19. The first kappa shape index (κ1) is 27.7. The molecule has 1 amide bonds. The summed E-state index contributed by atoms with van der Waals surface area (Å²) in [6.45, 7) is 4.89. The largest absolute Gasteiger partial charge is 0.471 e. The van der Waals surface area contributed by atoms with Crippen molar-refractivity contribution in [1.29, 1.82) is 0 Å². The van der Waals surface area contributed by atoms with Crippen LogP contribution >= 0.6 is 0 Å². The number of Topliss-reactive ketones (excluding diaryl/α,β-unsaturated/α-hetero) is 2. The smallest absolute Gasteiger partial charge is 0.463 e. The third-order valence-electron chi connectivity index (χ3n) is 4.96. The Bertz CT molecular complexity index is 757. The summed E-state index contributed by atoms with van der Waals surface area (Å²) in [6.07, 6.45) is -7.03. The Labute approximate surface area is 181 Å². The van der Waals surface area contributed by atoms with Gasteiger partial charge in [-0.25, -0.2) is 0 Å². The number of hydrogen-bond donors (Lipinski definition) is 3. The molecule has 32 heavy (non-hydrogen) atoms. The van der Waals surface area contributed by atoms with Gasteiger partial charge in [0.15, 0.2) is 29.1 Å². The number of rotatable bonds is 10. The second kappa shape index (κ2) is 10.5. The van der Waals surface area contributed by atoms with Crippen molar-refractivity contribution in [3.8, 4) is 0 Å². The molecule has 3 N–H and O–H groups in total. The number of hydrogen-bond acceptors (Lipinski definition) is 9. The van der Waals surface area contributed by atoms with Gasteiger partial charge in [0.2, 0.25) is 0 Å². The molecule has 0 radical (unpaired) electrons. The monoisotopic (exact) mass is 469 g/mol. The number of nitrogens with one attached hydrogen (secondary N) is 1. The maximum atomic E-state index is 12.9. The lowest BCUT2D eigenvalue weighted by molar-refractivity contribution is -0.317. The molecule has 0 saturated carbocycles. The second-order valence-electron chi connectivity index (χ2n) is 7.19. The maximum absolute atomic E-state index is 12.9. The van der Waals surface area contributed by atoms with E-state index >= 15 is 0 Å². The van der Waals surface area contributed by atoms with Crippen molar-refractivity contribution in [2.75, 3.05) is 13.2 Å². The lowest BCUT2D eigenvalue weighted by atomic mass is 9.67. The highest BCUT2D eigenvalue weighted by molar-refractivity contribution is 5.99. The first-order chi connectivity index (χ1) is 14.6. The number of allylic oxidation sites excluding steroid dienone is 1. The van der Waals surface area contributed by atoms with Gasteiger partial charge < -0.3 is 29.7 Å². The summed E-state index contributed by atoms with van der Waals surface area (Å²) in [5, 5.41) is 23.7. The molecule has 1 saturated heterocycles. The van der Waals surface area contributed by atoms with Gasteiger partial charge in [-0.05, 0) is 26.7 Å². The van der Waals surface area contributed by atoms with Crippen LogP contribution in [0.5, 0.6) is 0 Å². The Kier molecular flexibility index (Phi) is 9.09. The van der Waals surface area contributed by atoms with Gasteiger partial charge in [-0.1, -0.05) is 6.08 Å². The number of aliphatic hydroxyl groups is 2. The van der Waals surface area contributed by atoms with Crippen molar-refractivity contribution >= 4 is 23.4 Å². The van der Waals surface area contributed by atoms with Crippen molar-refractivity contribution in [3.63, 3.8) is 0 Å². The van der Waals surface area contributed by atoms with Gasteiger partial charge in [0.1, 0.15) is 18.8 Å². The van der Waals surface area contributed by atoms with Crippen LogP contribution in [0.4, 0.5) is 13.2 Å². The minimum absolute atomic E-state index is 0.179. The topological polar surface area (TPSA) is 148 Å². The summed E-state index contributed by atoms with van der Waals surface area (Å²) in [5.41, 5.74) is -6.52. The maximum Gasteiger partial charge on any atom is 0.471 e. The van der Waals surface area contributed by atoms with Crippen LogP contribution in [-0.2, 0) is 33.4 Å². The first-order valence-electron chi connectivity index (χ1n) is 9.49. The average molecular weight is 469 g/mol. The number of ketones is 2. The molecule has 13 heteroatoms. The van der Waals surface area contributed by atoms with Crippen molar-refractivity contribution in [3.05, 3.63) is 12.7 Å². The van der Waals surface area contributed by atoms with E-state index in [4.69, 9.17) is 14.2 Å². The number of ether oxygens (including phenoxy) is 3. The lowest BCUT2D eigenvalue weighted by Crippen LogP contribution is -2.82. The predicted octanol–water partition coefficient (Wildman–Crippen LogP) is -0.0555. The number of unbranched alkanes of at least 4 members (excludes halogenated alkanes) is 1. The molecule has 1 aliphatic heterocycles. The van der Waals surface area contributed by atoms with Gasteiger partial charge in [-0.2, -0.15) is 13.2 Å². The molecule has 0 aromatic rings. The summed E-state index contributed by atoms with van der Waals surface area (Å²) in [5.74, 6) is -6.10. The van der Waals surface area contributed by atoms with E-state index in [1.807, 2.05) is 0 Å². The van der Waals surface area contributed by atoms with E-state index < -0.39 is 65.9 Å². The summed E-state index contributed by atoms with van der Waals surface area (Å²) in [4.78, 5) is 47.7. The van der Waals surface area contributed by atoms with Crippen LogP contribution in [0.3, 0.4) is 0 Å². The third-order valence-corrected chi connectivity index (χ3v) is 4.96. The van der Waals surface area contributed by atoms with Crippen LogP contribution in [0.1, 0.15) is 33.6 Å². The highest BCUT2D eigenvalue weighted by Crippen LogP contribution is 2.41. The Morgan fingerprint density at radius 3 is 2.12 bits per heavy atom. The van der Waals surface area contributed by atoms with Gasteiger partial charge >= 0.3 is 18.1 Å². The molecule has 0 spiro atoms. The predicted molar refractivity (Wildman–Crippen MR) is 99.9 cm³/mol. The van der Waals surface area contributed by atoms with Crippen LogP contribution in [0.2, 0.25) is 0 Å². The standard InChI is InChI=1S/C19H26F3NO9/c1-5-6-7-8-30-15-14(23-16(27)19(20,21)22)18(29,11(3)25)17(28,10(2)24)13(32-15)9-31-12(4)26/h5,13-15,28-29H,1,6-9H2,2-4H3,(H,23,27)/t13-,14+,15-,17-,18-/m1/s1. The van der Waals surface area contributed by atoms with E-state index in [-0.39, 0.29) is 6.61 Å². The number of halogens is 3. The minimum Gasteiger partial charge on any atom is -0.463 e. The number of carbonyl (C=O) groups excluding carboxylic acids is 4.